The first kappa shape index (κ1) is 18.1. The van der Waals surface area contributed by atoms with Crippen LogP contribution in [0, 0.1) is 10.1 Å². The maximum atomic E-state index is 12.4. The fourth-order valence-corrected chi connectivity index (χ4v) is 3.39. The number of piperazine rings is 1. The highest BCUT2D eigenvalue weighted by atomic mass is 16.6. The Kier molecular flexibility index (Phi) is 5.36. The molecule has 2 aliphatic rings. The lowest BCUT2D eigenvalue weighted by Gasteiger charge is -2.35. The van der Waals surface area contributed by atoms with Crippen molar-refractivity contribution in [3.8, 4) is 0 Å². The van der Waals surface area contributed by atoms with Crippen molar-refractivity contribution in [2.24, 2.45) is 0 Å². The van der Waals surface area contributed by atoms with Crippen molar-refractivity contribution in [1.29, 1.82) is 0 Å². The highest BCUT2D eigenvalue weighted by Crippen LogP contribution is 2.30. The number of benzene rings is 1. The van der Waals surface area contributed by atoms with Crippen LogP contribution in [0.1, 0.15) is 23.7 Å². The zero-order chi connectivity index (χ0) is 18.7. The molecule has 0 radical (unpaired) electrons. The van der Waals surface area contributed by atoms with Gasteiger partial charge in [-0.2, -0.15) is 0 Å². The van der Waals surface area contributed by atoms with Gasteiger partial charge in [0.2, 0.25) is 5.91 Å². The molecule has 2 amide bonds. The smallest absolute Gasteiger partial charge is 0.293 e. The molecule has 2 fully saturated rings. The SMILES string of the molecule is CC(=O)N1CCN(c2ccc(C(=O)NC3CCNC3)cc2[N+](=O)[O-])CC1. The minimum atomic E-state index is -0.458. The minimum Gasteiger partial charge on any atom is -0.362 e. The van der Waals surface area contributed by atoms with Crippen molar-refractivity contribution >= 4 is 23.2 Å². The Hall–Kier alpha value is -2.68. The average molecular weight is 361 g/mol. The number of rotatable bonds is 4. The van der Waals surface area contributed by atoms with Gasteiger partial charge in [-0.15, -0.1) is 0 Å². The number of nitro benzene ring substituents is 1. The molecule has 0 aliphatic carbocycles. The average Bonchev–Trinajstić information content (AvgIpc) is 3.14. The lowest BCUT2D eigenvalue weighted by Crippen LogP contribution is -2.48. The lowest BCUT2D eigenvalue weighted by molar-refractivity contribution is -0.384. The summed E-state index contributed by atoms with van der Waals surface area (Å²) in [6, 6.07) is 4.64. The van der Waals surface area contributed by atoms with E-state index in [1.54, 1.807) is 17.0 Å². The fraction of sp³-hybridized carbons (Fsp3) is 0.529. The zero-order valence-electron chi connectivity index (χ0n) is 14.7. The fourth-order valence-electron chi connectivity index (χ4n) is 3.39. The van der Waals surface area contributed by atoms with E-state index in [9.17, 15) is 19.7 Å². The molecule has 2 heterocycles. The molecule has 1 unspecified atom stereocenters. The van der Waals surface area contributed by atoms with Crippen molar-refractivity contribution in [2.75, 3.05) is 44.2 Å². The molecular formula is C17H23N5O4. The van der Waals surface area contributed by atoms with Gasteiger partial charge < -0.3 is 20.4 Å². The first-order chi connectivity index (χ1) is 12.5. The van der Waals surface area contributed by atoms with Crippen molar-refractivity contribution in [3.63, 3.8) is 0 Å². The van der Waals surface area contributed by atoms with E-state index in [2.05, 4.69) is 10.6 Å². The Balaban J connectivity index is 1.75. The monoisotopic (exact) mass is 361 g/mol. The molecule has 0 saturated carbocycles. The normalized spacial score (nSPS) is 20.1. The second-order valence-corrected chi connectivity index (χ2v) is 6.62. The Morgan fingerprint density at radius 1 is 1.27 bits per heavy atom. The van der Waals surface area contributed by atoms with Gasteiger partial charge in [-0.25, -0.2) is 0 Å². The van der Waals surface area contributed by atoms with E-state index in [0.717, 1.165) is 13.0 Å². The summed E-state index contributed by atoms with van der Waals surface area (Å²) >= 11 is 0. The molecule has 2 saturated heterocycles. The molecule has 0 aromatic heterocycles. The Morgan fingerprint density at radius 3 is 2.58 bits per heavy atom. The van der Waals surface area contributed by atoms with Gasteiger partial charge in [0.15, 0.2) is 0 Å². The van der Waals surface area contributed by atoms with Gasteiger partial charge in [-0.3, -0.25) is 19.7 Å². The van der Waals surface area contributed by atoms with Crippen LogP contribution < -0.4 is 15.5 Å². The first-order valence-corrected chi connectivity index (χ1v) is 8.76. The van der Waals surface area contributed by atoms with Gasteiger partial charge >= 0.3 is 0 Å². The molecule has 2 N–H and O–H groups in total. The quantitative estimate of drug-likeness (QED) is 0.592. The van der Waals surface area contributed by atoms with E-state index >= 15 is 0 Å². The van der Waals surface area contributed by atoms with Gasteiger partial charge in [-0.05, 0) is 25.1 Å². The predicted molar refractivity (Wildman–Crippen MR) is 96.3 cm³/mol. The van der Waals surface area contributed by atoms with Crippen LogP contribution in [0.25, 0.3) is 0 Å². The molecule has 140 valence electrons. The maximum Gasteiger partial charge on any atom is 0.293 e. The highest BCUT2D eigenvalue weighted by Gasteiger charge is 2.26. The van der Waals surface area contributed by atoms with Crippen molar-refractivity contribution in [1.82, 2.24) is 15.5 Å². The number of nitrogens with zero attached hydrogens (tertiary/aromatic N) is 3. The molecule has 1 atom stereocenters. The summed E-state index contributed by atoms with van der Waals surface area (Å²) in [5, 5.41) is 17.6. The lowest BCUT2D eigenvalue weighted by atomic mass is 10.1. The van der Waals surface area contributed by atoms with E-state index in [4.69, 9.17) is 0 Å². The third-order valence-electron chi connectivity index (χ3n) is 4.90. The number of carbonyl (C=O) groups excluding carboxylic acids is 2. The molecule has 9 nitrogen and oxygen atoms in total. The summed E-state index contributed by atoms with van der Waals surface area (Å²) in [6.07, 6.45) is 0.854. The second kappa shape index (κ2) is 7.69. The van der Waals surface area contributed by atoms with Crippen molar-refractivity contribution in [2.45, 2.75) is 19.4 Å². The maximum absolute atomic E-state index is 12.4. The molecule has 26 heavy (non-hydrogen) atoms. The molecule has 1 aromatic carbocycles. The number of hydrogen-bond donors (Lipinski definition) is 2. The molecule has 3 rings (SSSR count). The van der Waals surface area contributed by atoms with Crippen LogP contribution in [-0.4, -0.2) is 66.9 Å². The Labute approximate surface area is 151 Å². The van der Waals surface area contributed by atoms with Crippen LogP contribution >= 0.6 is 0 Å². The number of amides is 2. The predicted octanol–water partition coefficient (Wildman–Crippen LogP) is 0.355. The summed E-state index contributed by atoms with van der Waals surface area (Å²) in [5.74, 6) is -0.290. The number of hydrogen-bond acceptors (Lipinski definition) is 6. The van der Waals surface area contributed by atoms with Crippen LogP contribution in [-0.2, 0) is 4.79 Å². The van der Waals surface area contributed by atoms with E-state index in [0.29, 0.717) is 38.4 Å². The van der Waals surface area contributed by atoms with Gasteiger partial charge in [0.05, 0.1) is 4.92 Å². The van der Waals surface area contributed by atoms with Gasteiger partial charge in [0.25, 0.3) is 11.6 Å². The molecular weight excluding hydrogens is 338 g/mol. The van der Waals surface area contributed by atoms with Gasteiger partial charge in [-0.1, -0.05) is 0 Å². The summed E-state index contributed by atoms with van der Waals surface area (Å²) in [7, 11) is 0. The summed E-state index contributed by atoms with van der Waals surface area (Å²) in [6.45, 7) is 5.21. The third-order valence-corrected chi connectivity index (χ3v) is 4.90. The van der Waals surface area contributed by atoms with Crippen molar-refractivity contribution in [3.05, 3.63) is 33.9 Å². The summed E-state index contributed by atoms with van der Waals surface area (Å²) < 4.78 is 0. The largest absolute Gasteiger partial charge is 0.362 e. The minimum absolute atomic E-state index is 0.00701. The molecule has 9 heteroatoms. The Morgan fingerprint density at radius 2 is 2.00 bits per heavy atom. The van der Waals surface area contributed by atoms with Gasteiger partial charge in [0.1, 0.15) is 5.69 Å². The summed E-state index contributed by atoms with van der Waals surface area (Å²) in [5.41, 5.74) is 0.686. The van der Waals surface area contributed by atoms with E-state index in [1.165, 1.54) is 13.0 Å². The van der Waals surface area contributed by atoms with Crippen LogP contribution in [0.3, 0.4) is 0 Å². The van der Waals surface area contributed by atoms with Crippen LogP contribution in [0.4, 0.5) is 11.4 Å². The van der Waals surface area contributed by atoms with Crippen LogP contribution in [0.2, 0.25) is 0 Å². The topological polar surface area (TPSA) is 108 Å². The van der Waals surface area contributed by atoms with Gasteiger partial charge in [0, 0.05) is 57.3 Å². The highest BCUT2D eigenvalue weighted by molar-refractivity contribution is 5.96. The molecule has 2 aliphatic heterocycles. The first-order valence-electron chi connectivity index (χ1n) is 8.76. The van der Waals surface area contributed by atoms with E-state index in [-0.39, 0.29) is 29.1 Å². The molecule has 0 bridgehead atoms. The number of carbonyl (C=O) groups is 2. The van der Waals surface area contributed by atoms with E-state index in [1.807, 2.05) is 4.90 Å². The zero-order valence-corrected chi connectivity index (χ0v) is 14.7. The van der Waals surface area contributed by atoms with Crippen molar-refractivity contribution < 1.29 is 14.5 Å². The van der Waals surface area contributed by atoms with E-state index < -0.39 is 4.92 Å². The second-order valence-electron chi connectivity index (χ2n) is 6.62. The third kappa shape index (κ3) is 3.93. The number of nitrogens with one attached hydrogen (secondary N) is 2. The molecule has 1 aromatic rings. The van der Waals surface area contributed by atoms with Crippen LogP contribution in [0.15, 0.2) is 18.2 Å². The summed E-state index contributed by atoms with van der Waals surface area (Å²) in [4.78, 5) is 38.5. The number of anilines is 1. The van der Waals surface area contributed by atoms with Crippen LogP contribution in [0.5, 0.6) is 0 Å². The molecule has 0 spiro atoms. The number of nitro groups is 1. The Bertz CT molecular complexity index is 709. The standard InChI is InChI=1S/C17H23N5O4/c1-12(23)20-6-8-21(9-7-20)15-3-2-13(10-16(15)22(25)26)17(24)19-14-4-5-18-11-14/h2-3,10,14,18H,4-9,11H2,1H3,(H,19,24).